The summed E-state index contributed by atoms with van der Waals surface area (Å²) in [7, 11) is 0. The van der Waals surface area contributed by atoms with Crippen molar-refractivity contribution in [1.82, 2.24) is 19.9 Å². The van der Waals surface area contributed by atoms with Gasteiger partial charge in [0.1, 0.15) is 4.47 Å². The molecular formula is C15H11BrN4O. The minimum atomic E-state index is -0.261. The van der Waals surface area contributed by atoms with E-state index in [9.17, 15) is 4.79 Å². The van der Waals surface area contributed by atoms with Gasteiger partial charge in [-0.1, -0.05) is 30.3 Å². The van der Waals surface area contributed by atoms with Gasteiger partial charge < -0.3 is 4.98 Å². The number of aryl methyl sites for hydroxylation is 1. The number of aromatic nitrogens is 4. The molecule has 1 aromatic carbocycles. The quantitative estimate of drug-likeness (QED) is 0.777. The van der Waals surface area contributed by atoms with Gasteiger partial charge in [-0.3, -0.25) is 4.79 Å². The van der Waals surface area contributed by atoms with E-state index in [0.29, 0.717) is 21.8 Å². The fraction of sp³-hybridized carbons (Fsp3) is 0.0667. The van der Waals surface area contributed by atoms with Crippen molar-refractivity contribution in [1.29, 1.82) is 0 Å². The van der Waals surface area contributed by atoms with Gasteiger partial charge >= 0.3 is 0 Å². The van der Waals surface area contributed by atoms with E-state index in [-0.39, 0.29) is 5.56 Å². The highest BCUT2D eigenvalue weighted by Crippen LogP contribution is 2.24. The van der Waals surface area contributed by atoms with Crippen molar-refractivity contribution >= 4 is 15.9 Å². The van der Waals surface area contributed by atoms with E-state index in [0.717, 1.165) is 11.1 Å². The lowest BCUT2D eigenvalue weighted by molar-refractivity contribution is 1.04. The number of nitrogens with one attached hydrogen (secondary N) is 1. The summed E-state index contributed by atoms with van der Waals surface area (Å²) < 4.78 is 0.393. The van der Waals surface area contributed by atoms with Gasteiger partial charge in [0.05, 0.1) is 5.69 Å². The maximum atomic E-state index is 12.1. The zero-order valence-corrected chi connectivity index (χ0v) is 12.8. The molecule has 0 radical (unpaired) electrons. The van der Waals surface area contributed by atoms with Crippen molar-refractivity contribution in [2.45, 2.75) is 6.92 Å². The molecule has 6 heteroatoms. The molecule has 104 valence electrons. The average molecular weight is 343 g/mol. The lowest BCUT2D eigenvalue weighted by atomic mass is 10.1. The molecule has 0 unspecified atom stereocenters. The Morgan fingerprint density at radius 1 is 1.10 bits per heavy atom. The van der Waals surface area contributed by atoms with Crippen LogP contribution < -0.4 is 5.56 Å². The van der Waals surface area contributed by atoms with Crippen LogP contribution in [0.2, 0.25) is 0 Å². The van der Waals surface area contributed by atoms with Crippen LogP contribution in [0.15, 0.2) is 52.0 Å². The van der Waals surface area contributed by atoms with Crippen LogP contribution in [0.4, 0.5) is 0 Å². The van der Waals surface area contributed by atoms with Crippen molar-refractivity contribution in [3.05, 3.63) is 63.1 Å². The Bertz CT molecular complexity index is 829. The van der Waals surface area contributed by atoms with Crippen molar-refractivity contribution in [3.63, 3.8) is 0 Å². The first-order valence-electron chi connectivity index (χ1n) is 6.29. The van der Waals surface area contributed by atoms with Crippen LogP contribution in [-0.4, -0.2) is 19.9 Å². The third kappa shape index (κ3) is 2.75. The van der Waals surface area contributed by atoms with Gasteiger partial charge in [-0.05, 0) is 28.4 Å². The third-order valence-corrected chi connectivity index (χ3v) is 3.64. The van der Waals surface area contributed by atoms with Crippen LogP contribution in [0.25, 0.3) is 22.9 Å². The second-order valence-electron chi connectivity index (χ2n) is 4.53. The number of hydrogen-bond acceptors (Lipinski definition) is 4. The van der Waals surface area contributed by atoms with Gasteiger partial charge in [0, 0.05) is 18.0 Å². The van der Waals surface area contributed by atoms with Gasteiger partial charge in [-0.25, -0.2) is 15.0 Å². The summed E-state index contributed by atoms with van der Waals surface area (Å²) in [5, 5.41) is 0. The van der Waals surface area contributed by atoms with Crippen LogP contribution in [0.3, 0.4) is 0 Å². The van der Waals surface area contributed by atoms with E-state index in [1.807, 2.05) is 37.3 Å². The largest absolute Gasteiger partial charge is 0.303 e. The minimum Gasteiger partial charge on any atom is -0.303 e. The van der Waals surface area contributed by atoms with Gasteiger partial charge in [-0.15, -0.1) is 0 Å². The number of benzene rings is 1. The number of halogens is 1. The zero-order valence-electron chi connectivity index (χ0n) is 11.2. The molecule has 21 heavy (non-hydrogen) atoms. The molecular weight excluding hydrogens is 332 g/mol. The fourth-order valence-electron chi connectivity index (χ4n) is 1.87. The highest BCUT2D eigenvalue weighted by Gasteiger charge is 2.13. The van der Waals surface area contributed by atoms with Gasteiger partial charge in [-0.2, -0.15) is 0 Å². The van der Waals surface area contributed by atoms with E-state index < -0.39 is 0 Å². The molecule has 2 aromatic heterocycles. The van der Waals surface area contributed by atoms with E-state index in [4.69, 9.17) is 0 Å². The van der Waals surface area contributed by atoms with Gasteiger partial charge in [0.15, 0.2) is 11.6 Å². The van der Waals surface area contributed by atoms with Crippen molar-refractivity contribution in [2.75, 3.05) is 0 Å². The molecule has 0 aliphatic rings. The first-order valence-corrected chi connectivity index (χ1v) is 7.08. The SMILES string of the molecule is Cc1cnc(-c2nc(-c3ccccc3)c(Br)c(=O)[nH]2)nc1. The number of H-pyrrole nitrogens is 1. The minimum absolute atomic E-state index is 0.261. The topological polar surface area (TPSA) is 71.5 Å². The molecule has 2 heterocycles. The summed E-state index contributed by atoms with van der Waals surface area (Å²) in [6.07, 6.45) is 3.37. The number of hydrogen-bond donors (Lipinski definition) is 1. The van der Waals surface area contributed by atoms with Crippen LogP contribution in [0.1, 0.15) is 5.56 Å². The summed E-state index contributed by atoms with van der Waals surface area (Å²) in [6.45, 7) is 1.90. The van der Waals surface area contributed by atoms with E-state index in [2.05, 4.69) is 35.9 Å². The smallest absolute Gasteiger partial charge is 0.266 e. The maximum Gasteiger partial charge on any atom is 0.266 e. The molecule has 0 saturated carbocycles. The summed E-state index contributed by atoms with van der Waals surface area (Å²) in [5.41, 5.74) is 2.10. The van der Waals surface area contributed by atoms with Crippen LogP contribution in [0.5, 0.6) is 0 Å². The predicted molar refractivity (Wildman–Crippen MR) is 83.8 cm³/mol. The second kappa shape index (κ2) is 5.57. The summed E-state index contributed by atoms with van der Waals surface area (Å²) in [5.74, 6) is 0.740. The normalized spacial score (nSPS) is 10.6. The van der Waals surface area contributed by atoms with Gasteiger partial charge in [0.2, 0.25) is 0 Å². The monoisotopic (exact) mass is 342 g/mol. The van der Waals surface area contributed by atoms with Crippen LogP contribution in [0, 0.1) is 6.92 Å². The van der Waals surface area contributed by atoms with Crippen molar-refractivity contribution in [3.8, 4) is 22.9 Å². The van der Waals surface area contributed by atoms with E-state index in [1.54, 1.807) is 12.4 Å². The standard InChI is InChI=1S/C15H11BrN4O/c1-9-7-17-13(18-8-9)14-19-12(11(16)15(21)20-14)10-5-3-2-4-6-10/h2-8H,1H3,(H,19,20,21). The summed E-state index contributed by atoms with van der Waals surface area (Å²) in [4.78, 5) is 27.6. The first kappa shape index (κ1) is 13.6. The molecule has 0 aliphatic carbocycles. The summed E-state index contributed by atoms with van der Waals surface area (Å²) in [6, 6.07) is 9.49. The lowest BCUT2D eigenvalue weighted by Gasteiger charge is -2.06. The third-order valence-electron chi connectivity index (χ3n) is 2.90. The Morgan fingerprint density at radius 2 is 1.76 bits per heavy atom. The predicted octanol–water partition coefficient (Wildman–Crippen LogP) is 2.96. The number of nitrogens with zero attached hydrogens (tertiary/aromatic N) is 3. The lowest BCUT2D eigenvalue weighted by Crippen LogP contribution is -2.12. The molecule has 0 spiro atoms. The molecule has 0 saturated heterocycles. The van der Waals surface area contributed by atoms with E-state index >= 15 is 0 Å². The fourth-order valence-corrected chi connectivity index (χ4v) is 2.28. The van der Waals surface area contributed by atoms with E-state index in [1.165, 1.54) is 0 Å². The summed E-state index contributed by atoms with van der Waals surface area (Å²) >= 11 is 3.29. The zero-order chi connectivity index (χ0) is 14.8. The number of aromatic amines is 1. The molecule has 0 atom stereocenters. The Kier molecular flexibility index (Phi) is 3.62. The van der Waals surface area contributed by atoms with Gasteiger partial charge in [0.25, 0.3) is 5.56 Å². The Balaban J connectivity index is 2.19. The number of rotatable bonds is 2. The molecule has 0 bridgehead atoms. The highest BCUT2D eigenvalue weighted by atomic mass is 79.9. The van der Waals surface area contributed by atoms with Crippen LogP contribution >= 0.6 is 15.9 Å². The highest BCUT2D eigenvalue weighted by molar-refractivity contribution is 9.10. The van der Waals surface area contributed by atoms with Crippen molar-refractivity contribution in [2.24, 2.45) is 0 Å². The maximum absolute atomic E-state index is 12.1. The Hall–Kier alpha value is -2.34. The molecule has 1 N–H and O–H groups in total. The van der Waals surface area contributed by atoms with Crippen molar-refractivity contribution < 1.29 is 0 Å². The molecule has 3 aromatic rings. The molecule has 3 rings (SSSR count). The Morgan fingerprint density at radius 3 is 2.43 bits per heavy atom. The molecule has 0 aliphatic heterocycles. The molecule has 0 fully saturated rings. The second-order valence-corrected chi connectivity index (χ2v) is 5.32. The average Bonchev–Trinajstić information content (AvgIpc) is 2.51. The molecule has 5 nitrogen and oxygen atoms in total. The van der Waals surface area contributed by atoms with Crippen LogP contribution in [-0.2, 0) is 0 Å². The Labute approximate surface area is 129 Å². The molecule has 0 amide bonds. The first-order chi connectivity index (χ1) is 10.1.